The minimum Gasteiger partial charge on any atom is -0.367 e. The van der Waals surface area contributed by atoms with E-state index in [0.29, 0.717) is 25.6 Å². The summed E-state index contributed by atoms with van der Waals surface area (Å²) in [6.45, 7) is 3.64. The molecule has 1 aliphatic rings. The highest BCUT2D eigenvalue weighted by molar-refractivity contribution is 14.0. The summed E-state index contributed by atoms with van der Waals surface area (Å²) in [5.74, 6) is 0.407. The second-order valence-corrected chi connectivity index (χ2v) is 9.51. The lowest BCUT2D eigenvalue weighted by Gasteiger charge is -2.38. The predicted octanol–water partition coefficient (Wildman–Crippen LogP) is 2.69. The normalized spacial score (nSPS) is 20.3. The summed E-state index contributed by atoms with van der Waals surface area (Å²) < 4.78 is 42.2. The van der Waals surface area contributed by atoms with E-state index in [1.165, 1.54) is 18.2 Å². The Morgan fingerprint density at radius 2 is 2.00 bits per heavy atom. The number of sulfonamides is 1. The third kappa shape index (κ3) is 6.35. The average molecular weight is 554 g/mol. The molecule has 160 valence electrons. The van der Waals surface area contributed by atoms with Gasteiger partial charge in [-0.05, 0) is 36.8 Å². The molecule has 1 aromatic carbocycles. The largest absolute Gasteiger partial charge is 0.367 e. The number of aliphatic imine (C=N–C) groups is 1. The molecule has 0 radical (unpaired) electrons. The average Bonchev–Trinajstić information content (AvgIpc) is 3.12. The van der Waals surface area contributed by atoms with Crippen molar-refractivity contribution in [2.75, 3.05) is 20.1 Å². The standard InChI is InChI=1S/C18H23FN4O3S2.HI/c1-12-10-23(11-16(26-12)13-3-5-14(19)6-4-13)18(21-2)22-9-15-7-8-17(27-15)28(20,24)25;/h3-8,12,16H,9-11H2,1-2H3,(H,21,22)(H2,20,24,25);1H. The summed E-state index contributed by atoms with van der Waals surface area (Å²) >= 11 is 1.13. The number of nitrogens with one attached hydrogen (secondary N) is 1. The van der Waals surface area contributed by atoms with Crippen LogP contribution in [0.5, 0.6) is 0 Å². The Balaban J connectivity index is 0.00000300. The summed E-state index contributed by atoms with van der Waals surface area (Å²) in [5.41, 5.74) is 0.907. The van der Waals surface area contributed by atoms with Crippen molar-refractivity contribution in [2.45, 2.75) is 29.9 Å². The molecule has 3 rings (SSSR count). The molecule has 2 atom stereocenters. The van der Waals surface area contributed by atoms with Gasteiger partial charge >= 0.3 is 0 Å². The van der Waals surface area contributed by atoms with Crippen LogP contribution >= 0.6 is 35.3 Å². The number of hydrogen-bond acceptors (Lipinski definition) is 5. The van der Waals surface area contributed by atoms with Crippen molar-refractivity contribution in [3.63, 3.8) is 0 Å². The highest BCUT2D eigenvalue weighted by Crippen LogP contribution is 2.26. The number of thiophene rings is 1. The van der Waals surface area contributed by atoms with Crippen molar-refractivity contribution in [1.29, 1.82) is 0 Å². The molecular formula is C18H24FIN4O3S2. The number of hydrogen-bond donors (Lipinski definition) is 2. The minimum atomic E-state index is -3.69. The second-order valence-electron chi connectivity index (χ2n) is 6.56. The fraction of sp³-hybridized carbons (Fsp3) is 0.389. The van der Waals surface area contributed by atoms with E-state index >= 15 is 0 Å². The van der Waals surface area contributed by atoms with Crippen LogP contribution in [-0.2, 0) is 21.3 Å². The van der Waals surface area contributed by atoms with Crippen LogP contribution in [0.15, 0.2) is 45.6 Å². The predicted molar refractivity (Wildman–Crippen MR) is 123 cm³/mol. The monoisotopic (exact) mass is 554 g/mol. The first-order valence-corrected chi connectivity index (χ1v) is 11.1. The first-order chi connectivity index (χ1) is 13.3. The van der Waals surface area contributed by atoms with Crippen molar-refractivity contribution in [3.8, 4) is 0 Å². The lowest BCUT2D eigenvalue weighted by atomic mass is 10.1. The molecule has 2 unspecified atom stereocenters. The Bertz CT molecular complexity index is 950. The topological polar surface area (TPSA) is 97.0 Å². The maximum absolute atomic E-state index is 13.2. The van der Waals surface area contributed by atoms with Crippen LogP contribution in [0.4, 0.5) is 4.39 Å². The number of rotatable bonds is 4. The van der Waals surface area contributed by atoms with Crippen LogP contribution in [0.1, 0.15) is 23.5 Å². The summed E-state index contributed by atoms with van der Waals surface area (Å²) in [6.07, 6.45) is -0.225. The van der Waals surface area contributed by atoms with Crippen LogP contribution in [0.3, 0.4) is 0 Å². The minimum absolute atomic E-state index is 0. The zero-order valence-electron chi connectivity index (χ0n) is 16.0. The van der Waals surface area contributed by atoms with Gasteiger partial charge < -0.3 is 15.0 Å². The Hall–Kier alpha value is -1.28. The Morgan fingerprint density at radius 1 is 1.31 bits per heavy atom. The number of primary sulfonamides is 1. The quantitative estimate of drug-likeness (QED) is 0.344. The first-order valence-electron chi connectivity index (χ1n) is 8.74. The Morgan fingerprint density at radius 3 is 2.59 bits per heavy atom. The van der Waals surface area contributed by atoms with Gasteiger partial charge in [0.15, 0.2) is 5.96 Å². The molecule has 0 bridgehead atoms. The summed E-state index contributed by atoms with van der Waals surface area (Å²) in [5, 5.41) is 8.41. The number of nitrogens with two attached hydrogens (primary N) is 1. The molecule has 0 saturated carbocycles. The van der Waals surface area contributed by atoms with Gasteiger partial charge in [0.25, 0.3) is 0 Å². The summed E-state index contributed by atoms with van der Waals surface area (Å²) in [4.78, 5) is 7.25. The zero-order valence-corrected chi connectivity index (χ0v) is 20.0. The van der Waals surface area contributed by atoms with E-state index in [2.05, 4.69) is 15.2 Å². The van der Waals surface area contributed by atoms with E-state index in [4.69, 9.17) is 9.88 Å². The van der Waals surface area contributed by atoms with Crippen LogP contribution in [0, 0.1) is 5.82 Å². The van der Waals surface area contributed by atoms with Gasteiger partial charge in [-0.3, -0.25) is 4.99 Å². The van der Waals surface area contributed by atoms with Gasteiger partial charge in [-0.25, -0.2) is 17.9 Å². The first kappa shape index (κ1) is 24.0. The maximum Gasteiger partial charge on any atom is 0.247 e. The van der Waals surface area contributed by atoms with Gasteiger partial charge in [0.2, 0.25) is 10.0 Å². The SMILES string of the molecule is CN=C(NCc1ccc(S(N)(=O)=O)s1)N1CC(C)OC(c2ccc(F)cc2)C1.I. The van der Waals surface area contributed by atoms with Gasteiger partial charge in [-0.15, -0.1) is 35.3 Å². The third-order valence-electron chi connectivity index (χ3n) is 4.35. The Kier molecular flexibility index (Phi) is 8.40. The van der Waals surface area contributed by atoms with Crippen molar-refractivity contribution < 1.29 is 17.5 Å². The molecule has 1 aliphatic heterocycles. The van der Waals surface area contributed by atoms with Crippen molar-refractivity contribution in [3.05, 3.63) is 52.7 Å². The molecule has 29 heavy (non-hydrogen) atoms. The molecule has 1 aromatic heterocycles. The van der Waals surface area contributed by atoms with E-state index < -0.39 is 10.0 Å². The molecule has 1 saturated heterocycles. The lowest BCUT2D eigenvalue weighted by molar-refractivity contribution is -0.0605. The van der Waals surface area contributed by atoms with E-state index in [1.807, 2.05) is 6.92 Å². The number of ether oxygens (including phenoxy) is 1. The van der Waals surface area contributed by atoms with E-state index in [0.717, 1.165) is 21.8 Å². The van der Waals surface area contributed by atoms with Gasteiger partial charge in [0, 0.05) is 18.5 Å². The molecule has 2 heterocycles. The smallest absolute Gasteiger partial charge is 0.247 e. The zero-order chi connectivity index (χ0) is 20.3. The van der Waals surface area contributed by atoms with Crippen LogP contribution in [-0.4, -0.2) is 45.5 Å². The number of nitrogens with zero attached hydrogens (tertiary/aromatic N) is 2. The lowest BCUT2D eigenvalue weighted by Crippen LogP contribution is -2.50. The molecule has 11 heteroatoms. The number of benzene rings is 1. The van der Waals surface area contributed by atoms with Crippen molar-refractivity contribution >= 4 is 51.3 Å². The molecule has 3 N–H and O–H groups in total. The molecule has 1 fully saturated rings. The molecule has 0 spiro atoms. The van der Waals surface area contributed by atoms with Gasteiger partial charge in [0.1, 0.15) is 16.1 Å². The van der Waals surface area contributed by atoms with Crippen LogP contribution in [0.25, 0.3) is 0 Å². The molecule has 2 aromatic rings. The fourth-order valence-corrected chi connectivity index (χ4v) is 4.81. The molecular weight excluding hydrogens is 530 g/mol. The van der Waals surface area contributed by atoms with E-state index in [-0.39, 0.29) is 46.2 Å². The molecule has 0 amide bonds. The highest BCUT2D eigenvalue weighted by Gasteiger charge is 2.28. The number of guanidine groups is 1. The maximum atomic E-state index is 13.2. The van der Waals surface area contributed by atoms with Gasteiger partial charge in [-0.2, -0.15) is 0 Å². The van der Waals surface area contributed by atoms with Crippen LogP contribution < -0.4 is 10.5 Å². The van der Waals surface area contributed by atoms with E-state index in [9.17, 15) is 12.8 Å². The van der Waals surface area contributed by atoms with E-state index in [1.54, 1.807) is 25.2 Å². The molecule has 7 nitrogen and oxygen atoms in total. The fourth-order valence-electron chi connectivity index (χ4n) is 3.09. The highest BCUT2D eigenvalue weighted by atomic mass is 127. The number of morpholine rings is 1. The van der Waals surface area contributed by atoms with Crippen molar-refractivity contribution in [2.24, 2.45) is 10.1 Å². The third-order valence-corrected chi connectivity index (χ3v) is 6.88. The summed E-state index contributed by atoms with van der Waals surface area (Å²) in [7, 11) is -1.99. The van der Waals surface area contributed by atoms with Crippen LogP contribution in [0.2, 0.25) is 0 Å². The van der Waals surface area contributed by atoms with Crippen molar-refractivity contribution in [1.82, 2.24) is 10.2 Å². The molecule has 0 aliphatic carbocycles. The summed E-state index contributed by atoms with van der Waals surface area (Å²) in [6, 6.07) is 9.54. The van der Waals surface area contributed by atoms with Gasteiger partial charge in [0.05, 0.1) is 19.2 Å². The Labute approximate surface area is 191 Å². The second kappa shape index (κ2) is 10.2. The van der Waals surface area contributed by atoms with Gasteiger partial charge in [-0.1, -0.05) is 12.1 Å². The number of halogens is 2.